The first-order valence-electron chi connectivity index (χ1n) is 8.23. The van der Waals surface area contributed by atoms with E-state index in [0.29, 0.717) is 31.1 Å². The van der Waals surface area contributed by atoms with Crippen molar-refractivity contribution in [3.05, 3.63) is 36.0 Å². The second-order valence-electron chi connectivity index (χ2n) is 6.26. The van der Waals surface area contributed by atoms with Crippen LogP contribution in [0.15, 0.2) is 35.4 Å². The minimum atomic E-state index is -4.73. The van der Waals surface area contributed by atoms with Gasteiger partial charge in [0.15, 0.2) is 0 Å². The summed E-state index contributed by atoms with van der Waals surface area (Å²) in [6.45, 7) is 0. The summed E-state index contributed by atoms with van der Waals surface area (Å²) < 4.78 is 67.5. The fourth-order valence-corrected chi connectivity index (χ4v) is 3.27. The van der Waals surface area contributed by atoms with Crippen LogP contribution in [0.3, 0.4) is 0 Å². The van der Waals surface area contributed by atoms with Crippen LogP contribution in [0.4, 0.5) is 24.8 Å². The number of nitrogens with two attached hydrogens (primary N) is 1. The number of hydrogen-bond acceptors (Lipinski definition) is 7. The number of aromatic nitrogens is 2. The van der Waals surface area contributed by atoms with E-state index in [1.54, 1.807) is 0 Å². The molecule has 4 N–H and O–H groups in total. The largest absolute Gasteiger partial charge is 0.471 e. The molecule has 152 valence electrons. The first kappa shape index (κ1) is 20.3. The molecule has 12 heteroatoms. The molecule has 1 aromatic carbocycles. The number of primary sulfonamides is 1. The van der Waals surface area contributed by atoms with Gasteiger partial charge in [0.25, 0.3) is 0 Å². The normalized spacial score (nSPS) is 20.2. The Labute approximate surface area is 158 Å². The lowest BCUT2D eigenvalue weighted by Gasteiger charge is -2.19. The highest BCUT2D eigenvalue weighted by molar-refractivity contribution is 7.89. The van der Waals surface area contributed by atoms with Crippen molar-refractivity contribution in [3.8, 4) is 5.88 Å². The van der Waals surface area contributed by atoms with Gasteiger partial charge in [0.2, 0.25) is 21.9 Å². The number of anilines is 2. The number of rotatable bonds is 5. The molecule has 1 aliphatic rings. The Balaban J connectivity index is 1.86. The van der Waals surface area contributed by atoms with Gasteiger partial charge in [-0.2, -0.15) is 18.2 Å². The predicted octanol–water partition coefficient (Wildman–Crippen LogP) is 2.18. The average Bonchev–Trinajstić information content (AvgIpc) is 2.98. The number of aliphatic hydroxyl groups is 1. The van der Waals surface area contributed by atoms with Crippen molar-refractivity contribution >= 4 is 21.7 Å². The van der Waals surface area contributed by atoms with Gasteiger partial charge in [-0.15, -0.1) is 0 Å². The van der Waals surface area contributed by atoms with Crippen molar-refractivity contribution in [3.63, 3.8) is 0 Å². The molecule has 0 saturated heterocycles. The minimum Gasteiger partial charge on any atom is -0.471 e. The van der Waals surface area contributed by atoms with Gasteiger partial charge in [-0.05, 0) is 43.5 Å². The van der Waals surface area contributed by atoms with Crippen LogP contribution >= 0.6 is 0 Å². The van der Waals surface area contributed by atoms with E-state index >= 15 is 0 Å². The van der Waals surface area contributed by atoms with E-state index in [4.69, 9.17) is 9.88 Å². The Bertz CT molecular complexity index is 951. The Kier molecular flexibility index (Phi) is 5.46. The molecule has 0 bridgehead atoms. The van der Waals surface area contributed by atoms with E-state index < -0.39 is 39.9 Å². The van der Waals surface area contributed by atoms with Crippen LogP contribution in [0, 0.1) is 0 Å². The second-order valence-corrected chi connectivity index (χ2v) is 7.82. The SMILES string of the molecule is NS(=O)(=O)c1ccc(Nc2ncc(C(F)(F)F)c(OC3CCC[C@H]3O)n2)cc1. The van der Waals surface area contributed by atoms with Crippen LogP contribution < -0.4 is 15.2 Å². The van der Waals surface area contributed by atoms with Gasteiger partial charge < -0.3 is 15.2 Å². The minimum absolute atomic E-state index is 0.120. The molecule has 0 amide bonds. The summed E-state index contributed by atoms with van der Waals surface area (Å²) in [7, 11) is -3.87. The number of nitrogens with one attached hydrogen (secondary N) is 1. The highest BCUT2D eigenvalue weighted by Crippen LogP contribution is 2.37. The number of aliphatic hydroxyl groups excluding tert-OH is 1. The Hall–Kier alpha value is -2.44. The molecule has 1 unspecified atom stereocenters. The van der Waals surface area contributed by atoms with E-state index in [1.165, 1.54) is 24.3 Å². The summed E-state index contributed by atoms with van der Waals surface area (Å²) in [5.74, 6) is -0.865. The maximum absolute atomic E-state index is 13.2. The van der Waals surface area contributed by atoms with Crippen LogP contribution in [-0.2, 0) is 16.2 Å². The number of alkyl halides is 3. The fourth-order valence-electron chi connectivity index (χ4n) is 2.76. The zero-order chi connectivity index (χ0) is 20.5. The third-order valence-corrected chi connectivity index (χ3v) is 5.11. The standard InChI is InChI=1S/C16H17F3N4O4S/c17-16(18,19)11-8-21-15(23-14(11)27-13-3-1-2-12(13)24)22-9-4-6-10(7-5-9)28(20,25)26/h4-8,12-13,24H,1-3H2,(H2,20,25,26)(H,21,22,23)/t12-,13?/m1/s1. The first-order chi connectivity index (χ1) is 13.0. The molecule has 2 aromatic rings. The number of benzene rings is 1. The fraction of sp³-hybridized carbons (Fsp3) is 0.375. The van der Waals surface area contributed by atoms with E-state index in [9.17, 15) is 26.7 Å². The maximum Gasteiger partial charge on any atom is 0.423 e. The first-order valence-corrected chi connectivity index (χ1v) is 9.77. The maximum atomic E-state index is 13.2. The molecule has 28 heavy (non-hydrogen) atoms. The summed E-state index contributed by atoms with van der Waals surface area (Å²) in [6.07, 6.45) is -4.28. The summed E-state index contributed by atoms with van der Waals surface area (Å²) >= 11 is 0. The average molecular weight is 418 g/mol. The molecular weight excluding hydrogens is 401 g/mol. The molecule has 3 rings (SSSR count). The molecule has 0 radical (unpaired) electrons. The smallest absolute Gasteiger partial charge is 0.423 e. The monoisotopic (exact) mass is 418 g/mol. The molecule has 0 aliphatic heterocycles. The van der Waals surface area contributed by atoms with E-state index in [0.717, 1.165) is 0 Å². The van der Waals surface area contributed by atoms with Crippen LogP contribution in [-0.4, -0.2) is 35.7 Å². The van der Waals surface area contributed by atoms with Crippen LogP contribution in [0.1, 0.15) is 24.8 Å². The third-order valence-electron chi connectivity index (χ3n) is 4.18. The summed E-state index contributed by atoms with van der Waals surface area (Å²) in [5, 5.41) is 17.5. The number of halogens is 3. The highest BCUT2D eigenvalue weighted by atomic mass is 32.2. The highest BCUT2D eigenvalue weighted by Gasteiger charge is 2.38. The molecule has 2 atom stereocenters. The number of sulfonamides is 1. The van der Waals surface area contributed by atoms with Crippen molar-refractivity contribution in [1.29, 1.82) is 0 Å². The molecular formula is C16H17F3N4O4S. The molecule has 1 aromatic heterocycles. The summed E-state index contributed by atoms with van der Waals surface area (Å²) in [4.78, 5) is 7.30. The van der Waals surface area contributed by atoms with E-state index in [1.807, 2.05) is 0 Å². The number of ether oxygens (including phenoxy) is 1. The topological polar surface area (TPSA) is 127 Å². The van der Waals surface area contributed by atoms with Gasteiger partial charge in [-0.1, -0.05) is 0 Å². The Morgan fingerprint density at radius 1 is 1.21 bits per heavy atom. The van der Waals surface area contributed by atoms with Crippen molar-refractivity contribution in [2.24, 2.45) is 5.14 Å². The van der Waals surface area contributed by atoms with Gasteiger partial charge in [-0.3, -0.25) is 0 Å². The van der Waals surface area contributed by atoms with Crippen molar-refractivity contribution in [1.82, 2.24) is 9.97 Å². The van der Waals surface area contributed by atoms with Crippen LogP contribution in [0.25, 0.3) is 0 Å². The zero-order valence-corrected chi connectivity index (χ0v) is 15.2. The lowest BCUT2D eigenvalue weighted by molar-refractivity contribution is -0.140. The van der Waals surface area contributed by atoms with Crippen LogP contribution in [0.5, 0.6) is 5.88 Å². The second kappa shape index (κ2) is 7.53. The van der Waals surface area contributed by atoms with E-state index in [-0.39, 0.29) is 10.8 Å². The molecule has 1 saturated carbocycles. The van der Waals surface area contributed by atoms with Gasteiger partial charge >= 0.3 is 6.18 Å². The van der Waals surface area contributed by atoms with Crippen molar-refractivity contribution in [2.75, 3.05) is 5.32 Å². The van der Waals surface area contributed by atoms with Gasteiger partial charge in [0.05, 0.1) is 11.0 Å². The van der Waals surface area contributed by atoms with Crippen molar-refractivity contribution in [2.45, 2.75) is 42.5 Å². The lowest BCUT2D eigenvalue weighted by atomic mass is 10.2. The zero-order valence-electron chi connectivity index (χ0n) is 14.3. The quantitative estimate of drug-likeness (QED) is 0.679. The van der Waals surface area contributed by atoms with Crippen molar-refractivity contribution < 1.29 is 31.4 Å². The number of nitrogens with zero attached hydrogens (tertiary/aromatic N) is 2. The summed E-state index contributed by atoms with van der Waals surface area (Å²) in [6, 6.07) is 5.19. The van der Waals surface area contributed by atoms with E-state index in [2.05, 4.69) is 15.3 Å². The predicted molar refractivity (Wildman–Crippen MR) is 92.4 cm³/mol. The Morgan fingerprint density at radius 2 is 1.89 bits per heavy atom. The summed E-state index contributed by atoms with van der Waals surface area (Å²) in [5.41, 5.74) is -0.819. The third kappa shape index (κ3) is 4.69. The Morgan fingerprint density at radius 3 is 2.43 bits per heavy atom. The van der Waals surface area contributed by atoms with Gasteiger partial charge in [-0.25, -0.2) is 18.5 Å². The molecule has 8 nitrogen and oxygen atoms in total. The van der Waals surface area contributed by atoms with Gasteiger partial charge in [0.1, 0.15) is 11.7 Å². The lowest BCUT2D eigenvalue weighted by Crippen LogP contribution is -2.27. The van der Waals surface area contributed by atoms with Gasteiger partial charge in [0, 0.05) is 11.9 Å². The molecule has 1 heterocycles. The molecule has 0 spiro atoms. The molecule has 1 aliphatic carbocycles. The number of hydrogen-bond donors (Lipinski definition) is 3. The molecule has 1 fully saturated rings. The van der Waals surface area contributed by atoms with Crippen LogP contribution in [0.2, 0.25) is 0 Å².